The van der Waals surface area contributed by atoms with Gasteiger partial charge in [0.25, 0.3) is 0 Å². The van der Waals surface area contributed by atoms with Crippen LogP contribution in [-0.4, -0.2) is 39.6 Å². The predicted molar refractivity (Wildman–Crippen MR) is 113 cm³/mol. The van der Waals surface area contributed by atoms with E-state index in [9.17, 15) is 4.39 Å². The first-order valence-electron chi connectivity index (χ1n) is 9.73. The fraction of sp³-hybridized carbons (Fsp3) is 0.400. The molecule has 1 aromatic carbocycles. The fourth-order valence-electron chi connectivity index (χ4n) is 3.71. The highest BCUT2D eigenvalue weighted by Crippen LogP contribution is 2.27. The van der Waals surface area contributed by atoms with Crippen LogP contribution < -0.4 is 16.0 Å². The van der Waals surface area contributed by atoms with Gasteiger partial charge >= 0.3 is 0 Å². The zero-order chi connectivity index (χ0) is 20.2. The summed E-state index contributed by atoms with van der Waals surface area (Å²) in [5.74, 6) is 1.34. The fourth-order valence-corrected chi connectivity index (χ4v) is 3.89. The normalized spacial score (nSPS) is 19.3. The first kappa shape index (κ1) is 19.7. The SMILES string of the molecule is CNCC1CCC(Nc2ncc3ncnc(Nc4ccc(F)c(Cl)c4)c3n2)CC1. The minimum absolute atomic E-state index is 0.0409. The van der Waals surface area contributed by atoms with Crippen LogP contribution in [0.5, 0.6) is 0 Å². The van der Waals surface area contributed by atoms with Gasteiger partial charge in [-0.15, -0.1) is 0 Å². The number of hydrogen-bond donors (Lipinski definition) is 3. The van der Waals surface area contributed by atoms with E-state index in [0.717, 1.165) is 25.3 Å². The molecule has 1 saturated carbocycles. The van der Waals surface area contributed by atoms with Crippen molar-refractivity contribution in [1.29, 1.82) is 0 Å². The van der Waals surface area contributed by atoms with Crippen molar-refractivity contribution in [3.05, 3.63) is 41.6 Å². The topological polar surface area (TPSA) is 87.7 Å². The monoisotopic (exact) mass is 415 g/mol. The third-order valence-electron chi connectivity index (χ3n) is 5.23. The molecule has 0 atom stereocenters. The third-order valence-corrected chi connectivity index (χ3v) is 5.52. The van der Waals surface area contributed by atoms with E-state index in [1.165, 1.54) is 31.3 Å². The van der Waals surface area contributed by atoms with Crippen LogP contribution in [0.1, 0.15) is 25.7 Å². The third kappa shape index (κ3) is 4.71. The summed E-state index contributed by atoms with van der Waals surface area (Å²) in [5, 5.41) is 9.89. The Kier molecular flexibility index (Phi) is 6.01. The second kappa shape index (κ2) is 8.84. The van der Waals surface area contributed by atoms with Crippen LogP contribution in [0, 0.1) is 11.7 Å². The van der Waals surface area contributed by atoms with Gasteiger partial charge in [0, 0.05) is 11.7 Å². The summed E-state index contributed by atoms with van der Waals surface area (Å²) in [5.41, 5.74) is 1.83. The van der Waals surface area contributed by atoms with Gasteiger partial charge in [0.1, 0.15) is 23.2 Å². The van der Waals surface area contributed by atoms with Gasteiger partial charge in [-0.2, -0.15) is 0 Å². The summed E-state index contributed by atoms with van der Waals surface area (Å²) in [4.78, 5) is 17.6. The highest BCUT2D eigenvalue weighted by atomic mass is 35.5. The Bertz CT molecular complexity index is 992. The molecule has 1 fully saturated rings. The van der Waals surface area contributed by atoms with Crippen molar-refractivity contribution < 1.29 is 4.39 Å². The molecule has 0 spiro atoms. The lowest BCUT2D eigenvalue weighted by Gasteiger charge is -2.29. The van der Waals surface area contributed by atoms with E-state index in [4.69, 9.17) is 11.6 Å². The molecule has 0 saturated heterocycles. The van der Waals surface area contributed by atoms with E-state index in [1.54, 1.807) is 12.3 Å². The Balaban J connectivity index is 1.52. The molecule has 152 valence electrons. The van der Waals surface area contributed by atoms with Gasteiger partial charge in [-0.3, -0.25) is 0 Å². The molecule has 0 aliphatic heterocycles. The summed E-state index contributed by atoms with van der Waals surface area (Å²) in [7, 11) is 2.00. The maximum absolute atomic E-state index is 13.4. The minimum atomic E-state index is -0.469. The molecule has 0 unspecified atom stereocenters. The number of aromatic nitrogens is 4. The van der Waals surface area contributed by atoms with Gasteiger partial charge in [0.15, 0.2) is 5.82 Å². The van der Waals surface area contributed by atoms with Crippen molar-refractivity contribution in [2.45, 2.75) is 31.7 Å². The Morgan fingerprint density at radius 2 is 1.97 bits per heavy atom. The number of halogens is 2. The second-order valence-corrected chi connectivity index (χ2v) is 7.73. The Hall–Kier alpha value is -2.58. The molecule has 0 radical (unpaired) electrons. The Labute approximate surface area is 173 Å². The molecule has 4 rings (SSSR count). The number of nitrogens with one attached hydrogen (secondary N) is 3. The number of rotatable bonds is 6. The standard InChI is InChI=1S/C20H23ClFN7/c1-23-9-12-2-4-13(5-3-12)28-20-24-10-17-18(29-20)19(26-11-25-17)27-14-6-7-16(22)15(21)8-14/h6-8,10-13,23H,2-5,9H2,1H3,(H,24,28,29)(H,25,26,27). The Morgan fingerprint density at radius 3 is 2.72 bits per heavy atom. The van der Waals surface area contributed by atoms with E-state index < -0.39 is 5.82 Å². The molecule has 3 N–H and O–H groups in total. The van der Waals surface area contributed by atoms with Crippen molar-refractivity contribution in [3.8, 4) is 0 Å². The maximum Gasteiger partial charge on any atom is 0.223 e. The largest absolute Gasteiger partial charge is 0.351 e. The van der Waals surface area contributed by atoms with Crippen LogP contribution in [-0.2, 0) is 0 Å². The van der Waals surface area contributed by atoms with Gasteiger partial charge in [0.2, 0.25) is 5.95 Å². The molecule has 9 heteroatoms. The number of hydrogen-bond acceptors (Lipinski definition) is 7. The lowest BCUT2D eigenvalue weighted by atomic mass is 9.86. The Morgan fingerprint density at radius 1 is 1.14 bits per heavy atom. The average Bonchev–Trinajstić information content (AvgIpc) is 2.73. The average molecular weight is 416 g/mol. The van der Waals surface area contributed by atoms with Gasteiger partial charge in [-0.05, 0) is 63.4 Å². The van der Waals surface area contributed by atoms with E-state index >= 15 is 0 Å². The highest BCUT2D eigenvalue weighted by Gasteiger charge is 2.21. The van der Waals surface area contributed by atoms with Gasteiger partial charge in [-0.1, -0.05) is 11.6 Å². The first-order chi connectivity index (χ1) is 14.1. The molecule has 3 aromatic rings. The molecule has 0 bridgehead atoms. The minimum Gasteiger partial charge on any atom is -0.351 e. The molecule has 7 nitrogen and oxygen atoms in total. The summed E-state index contributed by atoms with van der Waals surface area (Å²) in [6.07, 6.45) is 7.69. The lowest BCUT2D eigenvalue weighted by molar-refractivity contribution is 0.330. The van der Waals surface area contributed by atoms with E-state index in [2.05, 4.69) is 35.9 Å². The summed E-state index contributed by atoms with van der Waals surface area (Å²) in [6.45, 7) is 1.07. The lowest BCUT2D eigenvalue weighted by Crippen LogP contribution is -2.30. The van der Waals surface area contributed by atoms with E-state index in [0.29, 0.717) is 34.5 Å². The molecule has 2 heterocycles. The zero-order valence-corrected chi connectivity index (χ0v) is 16.9. The summed E-state index contributed by atoms with van der Waals surface area (Å²) in [6, 6.07) is 4.77. The molecular weight excluding hydrogens is 393 g/mol. The zero-order valence-electron chi connectivity index (χ0n) is 16.1. The quantitative estimate of drug-likeness (QED) is 0.557. The van der Waals surface area contributed by atoms with Crippen molar-refractivity contribution in [1.82, 2.24) is 25.3 Å². The van der Waals surface area contributed by atoms with Crippen LogP contribution in [0.2, 0.25) is 5.02 Å². The second-order valence-electron chi connectivity index (χ2n) is 7.32. The van der Waals surface area contributed by atoms with Crippen LogP contribution in [0.3, 0.4) is 0 Å². The maximum atomic E-state index is 13.4. The van der Waals surface area contributed by atoms with Crippen molar-refractivity contribution in [2.75, 3.05) is 24.2 Å². The molecule has 2 aromatic heterocycles. The van der Waals surface area contributed by atoms with Crippen molar-refractivity contribution in [2.24, 2.45) is 5.92 Å². The van der Waals surface area contributed by atoms with Crippen LogP contribution >= 0.6 is 11.6 Å². The smallest absolute Gasteiger partial charge is 0.223 e. The number of nitrogens with zero attached hydrogens (tertiary/aromatic N) is 4. The van der Waals surface area contributed by atoms with Crippen LogP contribution in [0.15, 0.2) is 30.7 Å². The number of anilines is 3. The molecular formula is C20H23ClFN7. The van der Waals surface area contributed by atoms with Crippen LogP contribution in [0.25, 0.3) is 11.0 Å². The molecule has 1 aliphatic carbocycles. The van der Waals surface area contributed by atoms with E-state index in [-0.39, 0.29) is 5.02 Å². The first-order valence-corrected chi connectivity index (χ1v) is 10.1. The number of benzene rings is 1. The number of fused-ring (bicyclic) bond motifs is 1. The highest BCUT2D eigenvalue weighted by molar-refractivity contribution is 6.31. The summed E-state index contributed by atoms with van der Waals surface area (Å²) < 4.78 is 13.4. The van der Waals surface area contributed by atoms with Gasteiger partial charge in [0.05, 0.1) is 11.2 Å². The van der Waals surface area contributed by atoms with Gasteiger partial charge < -0.3 is 16.0 Å². The molecule has 29 heavy (non-hydrogen) atoms. The van der Waals surface area contributed by atoms with Crippen LogP contribution in [0.4, 0.5) is 21.8 Å². The van der Waals surface area contributed by atoms with Crippen molar-refractivity contribution >= 4 is 40.1 Å². The summed E-state index contributed by atoms with van der Waals surface area (Å²) >= 11 is 5.87. The molecule has 1 aliphatic rings. The van der Waals surface area contributed by atoms with E-state index in [1.807, 2.05) is 7.05 Å². The molecule has 0 amide bonds. The van der Waals surface area contributed by atoms with Gasteiger partial charge in [-0.25, -0.2) is 24.3 Å². The van der Waals surface area contributed by atoms with Crippen molar-refractivity contribution in [3.63, 3.8) is 0 Å². The predicted octanol–water partition coefficient (Wildman–Crippen LogP) is 4.15.